The molecule has 0 amide bonds. The van der Waals surface area contributed by atoms with Crippen molar-refractivity contribution in [3.63, 3.8) is 0 Å². The molecule has 98 valence electrons. The van der Waals surface area contributed by atoms with Gasteiger partial charge in [-0.15, -0.1) is 0 Å². The molecule has 0 aliphatic carbocycles. The van der Waals surface area contributed by atoms with Gasteiger partial charge in [-0.3, -0.25) is 4.79 Å². The Morgan fingerprint density at radius 2 is 1.56 bits per heavy atom. The molecule has 0 saturated heterocycles. The lowest BCUT2D eigenvalue weighted by Gasteiger charge is -2.00. The highest BCUT2D eigenvalue weighted by Crippen LogP contribution is 2.05. The van der Waals surface area contributed by atoms with Gasteiger partial charge in [0, 0.05) is 6.42 Å². The zero-order chi connectivity index (χ0) is 12.8. The van der Waals surface area contributed by atoms with Crippen molar-refractivity contribution in [3.8, 4) is 0 Å². The third-order valence-corrected chi connectivity index (χ3v) is 1.79. The summed E-state index contributed by atoms with van der Waals surface area (Å²) in [5, 5.41) is 0. The smallest absolute Gasteiger partial charge is 0.305 e. The third kappa shape index (κ3) is 23.9. The van der Waals surface area contributed by atoms with Gasteiger partial charge in [0.05, 0.1) is 6.61 Å². The van der Waals surface area contributed by atoms with Crippen molar-refractivity contribution in [2.45, 2.75) is 56.7 Å². The van der Waals surface area contributed by atoms with Crippen LogP contribution in [0.5, 0.6) is 0 Å². The van der Waals surface area contributed by atoms with Crippen LogP contribution in [0.1, 0.15) is 52.4 Å². The molecule has 0 rings (SSSR count). The molecule has 0 bridgehead atoms. The predicted octanol–water partition coefficient (Wildman–Crippen LogP) is 4.90. The Balaban J connectivity index is 0. The van der Waals surface area contributed by atoms with Gasteiger partial charge in [-0.2, -0.15) is 0 Å². The fraction of sp³-hybridized carbons (Fsp3) is 0.909. The molecule has 2 nitrogen and oxygen atoms in total. The summed E-state index contributed by atoms with van der Waals surface area (Å²) in [5.41, 5.74) is 0. The van der Waals surface area contributed by atoms with Gasteiger partial charge in [0.15, 0.2) is 4.30 Å². The summed E-state index contributed by atoms with van der Waals surface area (Å²) >= 11 is 14.4. The van der Waals surface area contributed by atoms with Crippen LogP contribution < -0.4 is 0 Å². The molecule has 0 atom stereocenters. The summed E-state index contributed by atoms with van der Waals surface area (Å²) in [6.07, 6.45) is 6.52. The van der Waals surface area contributed by atoms with Crippen molar-refractivity contribution >= 4 is 40.8 Å². The molecule has 0 aromatic rings. The molecule has 0 fully saturated rings. The van der Waals surface area contributed by atoms with Crippen LogP contribution in [0.25, 0.3) is 0 Å². The Labute approximate surface area is 114 Å². The van der Waals surface area contributed by atoms with Gasteiger partial charge in [-0.1, -0.05) is 67.4 Å². The number of carbonyl (C=O) groups excluding carboxylic acids is 1. The van der Waals surface area contributed by atoms with Crippen LogP contribution in [0.2, 0.25) is 0 Å². The summed E-state index contributed by atoms with van der Waals surface area (Å²) < 4.78 is 4.06. The largest absolute Gasteiger partial charge is 0.466 e. The van der Waals surface area contributed by atoms with Crippen molar-refractivity contribution < 1.29 is 9.53 Å². The first-order valence-corrected chi connectivity index (χ1v) is 6.93. The maximum Gasteiger partial charge on any atom is 0.305 e. The highest BCUT2D eigenvalue weighted by molar-refractivity contribution is 6.63. The zero-order valence-corrected chi connectivity index (χ0v) is 12.2. The number of hydrogen-bond donors (Lipinski definition) is 0. The highest BCUT2D eigenvalue weighted by Gasteiger charge is 1.99. The second-order valence-electron chi connectivity index (χ2n) is 3.22. The number of hydrogen-bond acceptors (Lipinski definition) is 2. The number of rotatable bonds is 7. The number of unbranched alkanes of at least 4 members (excludes halogenated alkanes) is 4. The van der Waals surface area contributed by atoms with E-state index in [-0.39, 0.29) is 5.97 Å². The fourth-order valence-corrected chi connectivity index (χ4v) is 1.11. The Kier molecular flexibility index (Phi) is 17.9. The van der Waals surface area contributed by atoms with E-state index in [1.807, 2.05) is 6.92 Å². The monoisotopic (exact) mass is 290 g/mol. The minimum Gasteiger partial charge on any atom is -0.466 e. The molecule has 0 aliphatic rings. The summed E-state index contributed by atoms with van der Waals surface area (Å²) in [6, 6.07) is 0. The molecule has 0 spiro atoms. The molecule has 0 unspecified atom stereocenters. The second kappa shape index (κ2) is 15.3. The SMILES string of the molecule is CCCCCCCC(=O)OCC.ClC(Cl)Cl. The molecule has 0 aromatic carbocycles. The van der Waals surface area contributed by atoms with Crippen LogP contribution in [0.15, 0.2) is 0 Å². The van der Waals surface area contributed by atoms with E-state index in [9.17, 15) is 4.79 Å². The molecule has 0 radical (unpaired) electrons. The van der Waals surface area contributed by atoms with E-state index in [0.717, 1.165) is 12.8 Å². The van der Waals surface area contributed by atoms with E-state index in [1.54, 1.807) is 0 Å². The molecule has 16 heavy (non-hydrogen) atoms. The molecule has 0 aliphatic heterocycles. The molecule has 0 aromatic heterocycles. The van der Waals surface area contributed by atoms with Crippen LogP contribution >= 0.6 is 34.8 Å². The summed E-state index contributed by atoms with van der Waals surface area (Å²) in [6.45, 7) is 4.54. The lowest BCUT2D eigenvalue weighted by atomic mass is 10.1. The Bertz CT molecular complexity index is 149. The minimum absolute atomic E-state index is 0.0472. The second-order valence-corrected chi connectivity index (χ2v) is 5.20. The average molecular weight is 292 g/mol. The first-order valence-electron chi connectivity index (χ1n) is 5.62. The van der Waals surface area contributed by atoms with Crippen molar-refractivity contribution in [2.24, 2.45) is 0 Å². The van der Waals surface area contributed by atoms with Crippen molar-refractivity contribution in [1.82, 2.24) is 0 Å². The molecular weight excluding hydrogens is 270 g/mol. The Morgan fingerprint density at radius 3 is 2.00 bits per heavy atom. The van der Waals surface area contributed by atoms with Crippen LogP contribution in [-0.2, 0) is 9.53 Å². The van der Waals surface area contributed by atoms with E-state index >= 15 is 0 Å². The maximum atomic E-state index is 10.9. The third-order valence-electron chi connectivity index (χ3n) is 1.79. The van der Waals surface area contributed by atoms with E-state index in [0.29, 0.717) is 13.0 Å². The first-order chi connectivity index (χ1) is 7.54. The summed E-state index contributed by atoms with van der Waals surface area (Å²) in [5.74, 6) is -0.0472. The number of ether oxygens (including phenoxy) is 1. The normalized spacial score (nSPS) is 9.62. The van der Waals surface area contributed by atoms with E-state index in [2.05, 4.69) is 6.92 Å². The minimum atomic E-state index is -0.750. The number of alkyl halides is 3. The van der Waals surface area contributed by atoms with Crippen LogP contribution in [0.4, 0.5) is 0 Å². The molecule has 5 heteroatoms. The van der Waals surface area contributed by atoms with Crippen LogP contribution in [0, 0.1) is 0 Å². The van der Waals surface area contributed by atoms with Crippen molar-refractivity contribution in [1.29, 1.82) is 0 Å². The van der Waals surface area contributed by atoms with E-state index < -0.39 is 4.30 Å². The maximum absolute atomic E-state index is 10.9. The van der Waals surface area contributed by atoms with Gasteiger partial charge in [-0.05, 0) is 13.3 Å². The zero-order valence-electron chi connectivity index (χ0n) is 9.98. The van der Waals surface area contributed by atoms with Crippen molar-refractivity contribution in [3.05, 3.63) is 0 Å². The van der Waals surface area contributed by atoms with E-state index in [4.69, 9.17) is 39.5 Å². The lowest BCUT2D eigenvalue weighted by molar-refractivity contribution is -0.143. The first kappa shape index (κ1) is 18.7. The lowest BCUT2D eigenvalue weighted by Crippen LogP contribution is -2.02. The average Bonchev–Trinajstić information content (AvgIpc) is 2.17. The molecular formula is C11H21Cl3O2. The summed E-state index contributed by atoms with van der Waals surface area (Å²) in [4.78, 5) is 10.9. The molecule has 0 saturated carbocycles. The number of esters is 1. The van der Waals surface area contributed by atoms with Gasteiger partial charge >= 0.3 is 5.97 Å². The quantitative estimate of drug-likeness (QED) is 0.379. The molecule has 0 N–H and O–H groups in total. The van der Waals surface area contributed by atoms with Crippen molar-refractivity contribution in [2.75, 3.05) is 6.61 Å². The predicted molar refractivity (Wildman–Crippen MR) is 71.4 cm³/mol. The van der Waals surface area contributed by atoms with Gasteiger partial charge in [0.1, 0.15) is 0 Å². The van der Waals surface area contributed by atoms with Gasteiger partial charge < -0.3 is 4.74 Å². The van der Waals surface area contributed by atoms with Crippen LogP contribution in [-0.4, -0.2) is 16.9 Å². The number of carbonyl (C=O) groups is 1. The standard InChI is InChI=1S/C10H20O2.CHCl3/c1-3-5-6-7-8-9-10(11)12-4-2;2-1(3)4/h3-9H2,1-2H3;1H. The van der Waals surface area contributed by atoms with Gasteiger partial charge in [-0.25, -0.2) is 0 Å². The summed E-state index contributed by atoms with van der Waals surface area (Å²) in [7, 11) is 0. The topological polar surface area (TPSA) is 26.3 Å². The highest BCUT2D eigenvalue weighted by atomic mass is 35.6. The van der Waals surface area contributed by atoms with E-state index in [1.165, 1.54) is 19.3 Å². The van der Waals surface area contributed by atoms with Gasteiger partial charge in [0.2, 0.25) is 0 Å². The fourth-order valence-electron chi connectivity index (χ4n) is 1.11. The molecule has 0 heterocycles. The van der Waals surface area contributed by atoms with Crippen LogP contribution in [0.3, 0.4) is 0 Å². The van der Waals surface area contributed by atoms with Gasteiger partial charge in [0.25, 0.3) is 0 Å². The number of halogens is 3. The Hall–Kier alpha value is 0.340. The Morgan fingerprint density at radius 1 is 1.06 bits per heavy atom.